The molecule has 3 aromatic rings. The lowest BCUT2D eigenvalue weighted by atomic mass is 10.1. The zero-order valence-corrected chi connectivity index (χ0v) is 13.5. The summed E-state index contributed by atoms with van der Waals surface area (Å²) in [6.45, 7) is 0.659. The maximum Gasteiger partial charge on any atom is 0.244 e. The fourth-order valence-electron chi connectivity index (χ4n) is 2.12. The molecule has 1 aromatic heterocycles. The van der Waals surface area contributed by atoms with E-state index >= 15 is 0 Å². The number of rotatable bonds is 6. The van der Waals surface area contributed by atoms with Crippen LogP contribution in [0.25, 0.3) is 0 Å². The van der Waals surface area contributed by atoms with Crippen molar-refractivity contribution in [2.45, 2.75) is 6.42 Å². The molecule has 2 aromatic carbocycles. The van der Waals surface area contributed by atoms with Crippen LogP contribution in [0.1, 0.15) is 5.56 Å². The van der Waals surface area contributed by atoms with Crippen LogP contribution in [-0.2, 0) is 6.42 Å². The van der Waals surface area contributed by atoms with Gasteiger partial charge in [-0.1, -0.05) is 29.8 Å². The highest BCUT2D eigenvalue weighted by Crippen LogP contribution is 2.15. The second-order valence-electron chi connectivity index (χ2n) is 5.10. The van der Waals surface area contributed by atoms with Gasteiger partial charge in [-0.2, -0.15) is 10.1 Å². The smallest absolute Gasteiger partial charge is 0.244 e. The van der Waals surface area contributed by atoms with Gasteiger partial charge in [0.05, 0.1) is 6.20 Å². The normalized spacial score (nSPS) is 10.4. The first-order valence-corrected chi connectivity index (χ1v) is 7.77. The van der Waals surface area contributed by atoms with Gasteiger partial charge in [0.25, 0.3) is 0 Å². The molecule has 0 unspecified atom stereocenters. The summed E-state index contributed by atoms with van der Waals surface area (Å²) >= 11 is 5.86. The van der Waals surface area contributed by atoms with Crippen LogP contribution in [-0.4, -0.2) is 21.7 Å². The highest BCUT2D eigenvalue weighted by Gasteiger charge is 2.02. The summed E-state index contributed by atoms with van der Waals surface area (Å²) in [6.07, 6.45) is 2.29. The number of halogens is 2. The number of anilines is 3. The van der Waals surface area contributed by atoms with Gasteiger partial charge in [-0.15, -0.1) is 5.10 Å². The molecule has 0 saturated carbocycles. The Balaban J connectivity index is 1.57. The third-order valence-corrected chi connectivity index (χ3v) is 3.52. The number of benzene rings is 2. The number of hydrogen-bond acceptors (Lipinski definition) is 5. The Morgan fingerprint density at radius 1 is 1.08 bits per heavy atom. The van der Waals surface area contributed by atoms with Crippen molar-refractivity contribution >= 4 is 29.1 Å². The first-order chi connectivity index (χ1) is 11.7. The summed E-state index contributed by atoms with van der Waals surface area (Å²) < 4.78 is 13.2. The van der Waals surface area contributed by atoms with Gasteiger partial charge in [0.2, 0.25) is 5.95 Å². The fourth-order valence-corrected chi connectivity index (χ4v) is 2.25. The third kappa shape index (κ3) is 4.63. The Kier molecular flexibility index (Phi) is 5.18. The van der Waals surface area contributed by atoms with E-state index in [1.807, 2.05) is 24.3 Å². The van der Waals surface area contributed by atoms with E-state index in [1.165, 1.54) is 18.3 Å². The van der Waals surface area contributed by atoms with Gasteiger partial charge in [0, 0.05) is 17.3 Å². The van der Waals surface area contributed by atoms with Crippen LogP contribution in [0.3, 0.4) is 0 Å². The molecule has 0 aliphatic carbocycles. The van der Waals surface area contributed by atoms with Crippen LogP contribution >= 0.6 is 11.6 Å². The second-order valence-corrected chi connectivity index (χ2v) is 5.54. The minimum Gasteiger partial charge on any atom is -0.353 e. The topological polar surface area (TPSA) is 62.7 Å². The van der Waals surface area contributed by atoms with Crippen molar-refractivity contribution in [2.24, 2.45) is 0 Å². The second kappa shape index (κ2) is 7.70. The molecule has 0 fully saturated rings. The van der Waals surface area contributed by atoms with Crippen LogP contribution in [0, 0.1) is 5.82 Å². The van der Waals surface area contributed by atoms with Gasteiger partial charge in [-0.3, -0.25) is 0 Å². The first kappa shape index (κ1) is 16.1. The quantitative estimate of drug-likeness (QED) is 0.706. The maximum atomic E-state index is 13.2. The fraction of sp³-hybridized carbons (Fsp3) is 0.118. The van der Waals surface area contributed by atoms with Gasteiger partial charge in [0.1, 0.15) is 5.82 Å². The summed E-state index contributed by atoms with van der Waals surface area (Å²) in [7, 11) is 0. The van der Waals surface area contributed by atoms with E-state index < -0.39 is 0 Å². The molecule has 0 amide bonds. The Hall–Kier alpha value is -2.73. The van der Waals surface area contributed by atoms with Crippen LogP contribution in [0.2, 0.25) is 5.02 Å². The summed E-state index contributed by atoms with van der Waals surface area (Å²) in [6, 6.07) is 13.8. The number of nitrogens with zero attached hydrogens (tertiary/aromatic N) is 3. The molecule has 2 N–H and O–H groups in total. The van der Waals surface area contributed by atoms with Gasteiger partial charge in [0.15, 0.2) is 5.82 Å². The van der Waals surface area contributed by atoms with Crippen LogP contribution in [0.4, 0.5) is 21.8 Å². The molecule has 5 nitrogen and oxygen atoms in total. The molecule has 24 heavy (non-hydrogen) atoms. The van der Waals surface area contributed by atoms with Crippen LogP contribution in [0.5, 0.6) is 0 Å². The van der Waals surface area contributed by atoms with E-state index in [1.54, 1.807) is 12.1 Å². The summed E-state index contributed by atoms with van der Waals surface area (Å²) in [5.74, 6) is 0.582. The Bertz CT molecular complexity index is 810. The zero-order valence-electron chi connectivity index (χ0n) is 12.7. The van der Waals surface area contributed by atoms with Crippen molar-refractivity contribution in [3.63, 3.8) is 0 Å². The molecule has 122 valence electrons. The van der Waals surface area contributed by atoms with Crippen molar-refractivity contribution < 1.29 is 4.39 Å². The molecule has 3 rings (SSSR count). The van der Waals surface area contributed by atoms with Gasteiger partial charge in [-0.05, 0) is 42.3 Å². The summed E-state index contributed by atoms with van der Waals surface area (Å²) in [4.78, 5) is 4.30. The highest BCUT2D eigenvalue weighted by atomic mass is 35.5. The summed E-state index contributed by atoms with van der Waals surface area (Å²) in [5.41, 5.74) is 1.76. The lowest BCUT2D eigenvalue weighted by Crippen LogP contribution is -2.09. The minimum atomic E-state index is -0.316. The maximum absolute atomic E-state index is 13.2. The van der Waals surface area contributed by atoms with Crippen LogP contribution < -0.4 is 10.6 Å². The molecule has 0 spiro atoms. The average molecular weight is 344 g/mol. The SMILES string of the molecule is Fc1cccc(Nc2cnnc(NCCc3ccc(Cl)cc3)n2)c1. The molecule has 1 heterocycles. The summed E-state index contributed by atoms with van der Waals surface area (Å²) in [5, 5.41) is 14.7. The molecule has 0 aliphatic rings. The molecule has 0 bridgehead atoms. The minimum absolute atomic E-state index is 0.316. The van der Waals surface area contributed by atoms with Gasteiger partial charge >= 0.3 is 0 Å². The lowest BCUT2D eigenvalue weighted by Gasteiger charge is -2.08. The predicted molar refractivity (Wildman–Crippen MR) is 93.2 cm³/mol. The molecule has 0 saturated heterocycles. The van der Waals surface area contributed by atoms with E-state index in [-0.39, 0.29) is 5.82 Å². The Labute approximate surface area is 143 Å². The third-order valence-electron chi connectivity index (χ3n) is 3.27. The largest absolute Gasteiger partial charge is 0.353 e. The van der Waals surface area contributed by atoms with E-state index in [2.05, 4.69) is 25.8 Å². The van der Waals surface area contributed by atoms with E-state index in [0.717, 1.165) is 17.0 Å². The van der Waals surface area contributed by atoms with E-state index in [9.17, 15) is 4.39 Å². The molecular formula is C17H15ClFN5. The molecule has 7 heteroatoms. The molecular weight excluding hydrogens is 329 g/mol. The molecule has 0 aliphatic heterocycles. The average Bonchev–Trinajstić information content (AvgIpc) is 2.57. The lowest BCUT2D eigenvalue weighted by molar-refractivity contribution is 0.628. The number of hydrogen-bond donors (Lipinski definition) is 2. The number of aromatic nitrogens is 3. The van der Waals surface area contributed by atoms with Crippen LogP contribution in [0.15, 0.2) is 54.7 Å². The van der Waals surface area contributed by atoms with Gasteiger partial charge < -0.3 is 10.6 Å². The predicted octanol–water partition coefficient (Wildman–Crippen LogP) is 4.06. The van der Waals surface area contributed by atoms with Crippen molar-refractivity contribution in [3.05, 3.63) is 71.1 Å². The Morgan fingerprint density at radius 2 is 1.92 bits per heavy atom. The van der Waals surface area contributed by atoms with Crippen molar-refractivity contribution in [1.82, 2.24) is 15.2 Å². The van der Waals surface area contributed by atoms with Gasteiger partial charge in [-0.25, -0.2) is 4.39 Å². The van der Waals surface area contributed by atoms with Crippen molar-refractivity contribution in [2.75, 3.05) is 17.2 Å². The Morgan fingerprint density at radius 3 is 2.71 bits per heavy atom. The molecule has 0 radical (unpaired) electrons. The highest BCUT2D eigenvalue weighted by molar-refractivity contribution is 6.30. The monoisotopic (exact) mass is 343 g/mol. The standard InChI is InChI=1S/C17H15ClFN5/c18-13-6-4-12(5-7-13)8-9-20-17-23-16(11-21-24-17)22-15-3-1-2-14(19)10-15/h1-7,10-11H,8-9H2,(H2,20,22,23,24). The van der Waals surface area contributed by atoms with E-state index in [4.69, 9.17) is 11.6 Å². The van der Waals surface area contributed by atoms with E-state index in [0.29, 0.717) is 24.0 Å². The van der Waals surface area contributed by atoms with Crippen molar-refractivity contribution in [3.8, 4) is 0 Å². The number of nitrogens with one attached hydrogen (secondary N) is 2. The molecule has 0 atom stereocenters. The van der Waals surface area contributed by atoms with Crippen molar-refractivity contribution in [1.29, 1.82) is 0 Å². The first-order valence-electron chi connectivity index (χ1n) is 7.40. The zero-order chi connectivity index (χ0) is 16.8.